The van der Waals surface area contributed by atoms with Gasteiger partial charge >= 0.3 is 5.97 Å². The SMILES string of the molecule is CCOC(=O)c1[nH]c2c(c1C)C(=O)c1ccccc1-2. The third kappa shape index (κ3) is 1.53. The molecule has 1 aromatic heterocycles. The number of nitrogens with one attached hydrogen (secondary N) is 1. The highest BCUT2D eigenvalue weighted by atomic mass is 16.5. The molecule has 1 heterocycles. The Bertz CT molecular complexity index is 697. The molecule has 0 radical (unpaired) electrons. The number of ketones is 1. The highest BCUT2D eigenvalue weighted by molar-refractivity contribution is 6.23. The van der Waals surface area contributed by atoms with Crippen molar-refractivity contribution in [1.82, 2.24) is 4.98 Å². The number of carbonyl (C=O) groups is 2. The lowest BCUT2D eigenvalue weighted by Gasteiger charge is -2.02. The predicted molar refractivity (Wildman–Crippen MR) is 70.4 cm³/mol. The summed E-state index contributed by atoms with van der Waals surface area (Å²) in [7, 11) is 0. The number of aromatic amines is 1. The van der Waals surface area contributed by atoms with E-state index in [4.69, 9.17) is 4.74 Å². The molecule has 0 aliphatic heterocycles. The van der Waals surface area contributed by atoms with E-state index < -0.39 is 5.97 Å². The van der Waals surface area contributed by atoms with Gasteiger partial charge in [0, 0.05) is 11.1 Å². The van der Waals surface area contributed by atoms with Gasteiger partial charge in [-0.1, -0.05) is 24.3 Å². The minimum atomic E-state index is -0.417. The van der Waals surface area contributed by atoms with Crippen LogP contribution in [0.1, 0.15) is 38.9 Å². The van der Waals surface area contributed by atoms with Gasteiger partial charge in [-0.15, -0.1) is 0 Å². The Kier molecular flexibility index (Phi) is 2.52. The van der Waals surface area contributed by atoms with Crippen LogP contribution in [0.25, 0.3) is 11.3 Å². The zero-order chi connectivity index (χ0) is 13.6. The molecule has 4 heteroatoms. The molecule has 0 amide bonds. The summed E-state index contributed by atoms with van der Waals surface area (Å²) in [6.45, 7) is 3.84. The number of fused-ring (bicyclic) bond motifs is 3. The van der Waals surface area contributed by atoms with Crippen molar-refractivity contribution in [2.75, 3.05) is 6.61 Å². The van der Waals surface area contributed by atoms with Gasteiger partial charge in [-0.3, -0.25) is 4.79 Å². The number of ether oxygens (including phenoxy) is 1. The summed E-state index contributed by atoms with van der Waals surface area (Å²) < 4.78 is 4.99. The number of aromatic nitrogens is 1. The fraction of sp³-hybridized carbons (Fsp3) is 0.200. The number of benzene rings is 1. The molecule has 2 aromatic rings. The molecular weight excluding hydrogens is 242 g/mol. The van der Waals surface area contributed by atoms with Crippen molar-refractivity contribution >= 4 is 11.8 Å². The zero-order valence-electron chi connectivity index (χ0n) is 10.7. The van der Waals surface area contributed by atoms with E-state index in [9.17, 15) is 9.59 Å². The van der Waals surface area contributed by atoms with Crippen molar-refractivity contribution in [3.8, 4) is 11.3 Å². The van der Waals surface area contributed by atoms with E-state index in [1.54, 1.807) is 19.9 Å². The topological polar surface area (TPSA) is 59.2 Å². The Hall–Kier alpha value is -2.36. The largest absolute Gasteiger partial charge is 0.461 e. The third-order valence-corrected chi connectivity index (χ3v) is 3.40. The first-order valence-corrected chi connectivity index (χ1v) is 6.19. The summed E-state index contributed by atoms with van der Waals surface area (Å²) >= 11 is 0. The van der Waals surface area contributed by atoms with Crippen LogP contribution in [0.3, 0.4) is 0 Å². The molecule has 0 bridgehead atoms. The Balaban J connectivity index is 2.18. The Morgan fingerprint density at radius 1 is 1.26 bits per heavy atom. The van der Waals surface area contributed by atoms with Crippen LogP contribution >= 0.6 is 0 Å². The monoisotopic (exact) mass is 255 g/mol. The quantitative estimate of drug-likeness (QED) is 0.716. The third-order valence-electron chi connectivity index (χ3n) is 3.40. The maximum absolute atomic E-state index is 12.3. The van der Waals surface area contributed by atoms with Gasteiger partial charge in [-0.2, -0.15) is 0 Å². The van der Waals surface area contributed by atoms with Gasteiger partial charge in [0.1, 0.15) is 5.69 Å². The second kappa shape index (κ2) is 4.09. The molecule has 3 rings (SSSR count). The molecule has 1 aliphatic rings. The van der Waals surface area contributed by atoms with Crippen LogP contribution in [0.4, 0.5) is 0 Å². The lowest BCUT2D eigenvalue weighted by Crippen LogP contribution is -2.08. The smallest absolute Gasteiger partial charge is 0.355 e. The van der Waals surface area contributed by atoms with Crippen molar-refractivity contribution in [2.24, 2.45) is 0 Å². The fourth-order valence-electron chi connectivity index (χ4n) is 2.52. The van der Waals surface area contributed by atoms with Gasteiger partial charge in [-0.25, -0.2) is 4.79 Å². The molecule has 1 aliphatic carbocycles. The van der Waals surface area contributed by atoms with E-state index >= 15 is 0 Å². The maximum atomic E-state index is 12.3. The van der Waals surface area contributed by atoms with Crippen LogP contribution in [0.15, 0.2) is 24.3 Å². The van der Waals surface area contributed by atoms with E-state index in [0.29, 0.717) is 29.0 Å². The van der Waals surface area contributed by atoms with E-state index in [2.05, 4.69) is 4.98 Å². The predicted octanol–water partition coefficient (Wildman–Crippen LogP) is 2.71. The molecule has 0 spiro atoms. The first-order valence-electron chi connectivity index (χ1n) is 6.19. The summed E-state index contributed by atoms with van der Waals surface area (Å²) in [5.41, 5.74) is 3.87. The van der Waals surface area contributed by atoms with Crippen molar-refractivity contribution in [2.45, 2.75) is 13.8 Å². The van der Waals surface area contributed by atoms with Gasteiger partial charge < -0.3 is 9.72 Å². The second-order valence-corrected chi connectivity index (χ2v) is 4.47. The van der Waals surface area contributed by atoms with Gasteiger partial charge in [-0.05, 0) is 19.4 Å². The van der Waals surface area contributed by atoms with Crippen LogP contribution in [-0.4, -0.2) is 23.3 Å². The molecule has 1 aromatic carbocycles. The lowest BCUT2D eigenvalue weighted by molar-refractivity contribution is 0.0519. The van der Waals surface area contributed by atoms with E-state index in [0.717, 1.165) is 11.3 Å². The van der Waals surface area contributed by atoms with Crippen LogP contribution in [0.2, 0.25) is 0 Å². The van der Waals surface area contributed by atoms with Crippen molar-refractivity contribution < 1.29 is 14.3 Å². The fourth-order valence-corrected chi connectivity index (χ4v) is 2.52. The van der Waals surface area contributed by atoms with Gasteiger partial charge in [0.15, 0.2) is 5.78 Å². The Labute approximate surface area is 110 Å². The molecule has 1 N–H and O–H groups in total. The maximum Gasteiger partial charge on any atom is 0.355 e. The number of H-pyrrole nitrogens is 1. The molecule has 0 atom stereocenters. The van der Waals surface area contributed by atoms with Crippen LogP contribution in [0, 0.1) is 6.92 Å². The number of esters is 1. The number of carbonyl (C=O) groups excluding carboxylic acids is 2. The van der Waals surface area contributed by atoms with E-state index in [-0.39, 0.29) is 5.78 Å². The summed E-state index contributed by atoms with van der Waals surface area (Å²) in [6, 6.07) is 7.39. The second-order valence-electron chi connectivity index (χ2n) is 4.47. The van der Waals surface area contributed by atoms with Gasteiger partial charge in [0.25, 0.3) is 0 Å². The summed E-state index contributed by atoms with van der Waals surface area (Å²) in [4.78, 5) is 27.2. The van der Waals surface area contributed by atoms with Crippen molar-refractivity contribution in [1.29, 1.82) is 0 Å². The standard InChI is InChI=1S/C15H13NO3/c1-3-19-15(18)12-8(2)11-13(16-12)9-6-4-5-7-10(9)14(11)17/h4-7,16H,3H2,1-2H3. The lowest BCUT2D eigenvalue weighted by atomic mass is 10.1. The average Bonchev–Trinajstić information content (AvgIpc) is 2.89. The number of rotatable bonds is 2. The van der Waals surface area contributed by atoms with Crippen molar-refractivity contribution in [3.63, 3.8) is 0 Å². The average molecular weight is 255 g/mol. The van der Waals surface area contributed by atoms with Gasteiger partial charge in [0.2, 0.25) is 0 Å². The highest BCUT2D eigenvalue weighted by Crippen LogP contribution is 2.38. The first kappa shape index (κ1) is 11.7. The Morgan fingerprint density at radius 3 is 2.63 bits per heavy atom. The summed E-state index contributed by atoms with van der Waals surface area (Å²) in [5.74, 6) is -0.449. The highest BCUT2D eigenvalue weighted by Gasteiger charge is 2.33. The van der Waals surface area contributed by atoms with Crippen LogP contribution in [0.5, 0.6) is 0 Å². The van der Waals surface area contributed by atoms with E-state index in [1.165, 1.54) is 0 Å². The molecule has 0 saturated carbocycles. The minimum absolute atomic E-state index is 0.0325. The molecular formula is C15H13NO3. The normalized spacial score (nSPS) is 12.2. The van der Waals surface area contributed by atoms with Gasteiger partial charge in [0.05, 0.1) is 17.9 Å². The van der Waals surface area contributed by atoms with Crippen LogP contribution in [-0.2, 0) is 4.74 Å². The van der Waals surface area contributed by atoms with E-state index in [1.807, 2.05) is 18.2 Å². The number of hydrogen-bond donors (Lipinski definition) is 1. The summed E-state index contributed by atoms with van der Waals surface area (Å²) in [5, 5.41) is 0. The molecule has 0 saturated heterocycles. The molecule has 96 valence electrons. The zero-order valence-corrected chi connectivity index (χ0v) is 10.7. The van der Waals surface area contributed by atoms with Crippen LogP contribution < -0.4 is 0 Å². The first-order chi connectivity index (χ1) is 9.15. The molecule has 19 heavy (non-hydrogen) atoms. The Morgan fingerprint density at radius 2 is 1.95 bits per heavy atom. The number of hydrogen-bond acceptors (Lipinski definition) is 3. The van der Waals surface area contributed by atoms with Crippen molar-refractivity contribution in [3.05, 3.63) is 46.6 Å². The minimum Gasteiger partial charge on any atom is -0.461 e. The molecule has 4 nitrogen and oxygen atoms in total. The molecule has 0 fully saturated rings. The summed E-state index contributed by atoms with van der Waals surface area (Å²) in [6.07, 6.45) is 0. The molecule has 0 unspecified atom stereocenters.